The quantitative estimate of drug-likeness (QED) is 0.606. The van der Waals surface area contributed by atoms with Crippen LogP contribution in [0.5, 0.6) is 0 Å². The molecule has 19 heavy (non-hydrogen) atoms. The molecule has 1 unspecified atom stereocenters. The highest BCUT2D eigenvalue weighted by Gasteiger charge is 2.20. The van der Waals surface area contributed by atoms with Crippen molar-refractivity contribution in [1.82, 2.24) is 4.72 Å². The highest BCUT2D eigenvalue weighted by molar-refractivity contribution is 7.89. The van der Waals surface area contributed by atoms with Gasteiger partial charge in [-0.05, 0) is 18.6 Å². The van der Waals surface area contributed by atoms with Gasteiger partial charge in [-0.2, -0.15) is 0 Å². The average Bonchev–Trinajstić information content (AvgIpc) is 2.35. The Balaban J connectivity index is 3.02. The highest BCUT2D eigenvalue weighted by Crippen LogP contribution is 2.26. The first-order chi connectivity index (χ1) is 8.77. The summed E-state index contributed by atoms with van der Waals surface area (Å²) in [5.41, 5.74) is 5.15. The summed E-state index contributed by atoms with van der Waals surface area (Å²) < 4.78 is 26.1. The molecular formula is C10H14ClN3O4S. The maximum Gasteiger partial charge on any atom is 0.289 e. The number of sulfonamides is 1. The topological polar surface area (TPSA) is 115 Å². The van der Waals surface area contributed by atoms with Crippen LogP contribution in [0, 0.1) is 10.1 Å². The van der Waals surface area contributed by atoms with Gasteiger partial charge in [-0.15, -0.1) is 0 Å². The molecule has 9 heteroatoms. The number of nitrogens with two attached hydrogens (primary N) is 1. The lowest BCUT2D eigenvalue weighted by Gasteiger charge is -2.11. The molecule has 0 radical (unpaired) electrons. The minimum absolute atomic E-state index is 0.0647. The van der Waals surface area contributed by atoms with E-state index < -0.39 is 20.6 Å². The summed E-state index contributed by atoms with van der Waals surface area (Å²) in [6.45, 7) is 1.89. The molecule has 0 aliphatic heterocycles. The molecule has 1 aromatic rings. The molecule has 1 rings (SSSR count). The van der Waals surface area contributed by atoms with Crippen molar-refractivity contribution in [2.75, 3.05) is 6.54 Å². The van der Waals surface area contributed by atoms with Crippen LogP contribution < -0.4 is 10.5 Å². The lowest BCUT2D eigenvalue weighted by molar-refractivity contribution is -0.384. The van der Waals surface area contributed by atoms with Gasteiger partial charge in [0.1, 0.15) is 5.02 Å². The summed E-state index contributed by atoms with van der Waals surface area (Å²) in [4.78, 5) is 9.75. The fourth-order valence-corrected chi connectivity index (χ4v) is 2.54. The summed E-state index contributed by atoms with van der Waals surface area (Å²) in [5.74, 6) is 0. The zero-order valence-corrected chi connectivity index (χ0v) is 11.7. The first-order valence-electron chi connectivity index (χ1n) is 5.47. The van der Waals surface area contributed by atoms with Crippen molar-refractivity contribution in [2.24, 2.45) is 5.73 Å². The van der Waals surface area contributed by atoms with E-state index >= 15 is 0 Å². The lowest BCUT2D eigenvalue weighted by atomic mass is 10.2. The van der Waals surface area contributed by atoms with Crippen LogP contribution in [0.2, 0.25) is 5.02 Å². The maximum atomic E-state index is 11.9. The van der Waals surface area contributed by atoms with Gasteiger partial charge >= 0.3 is 0 Å². The fourth-order valence-electron chi connectivity index (χ4n) is 1.24. The van der Waals surface area contributed by atoms with Crippen LogP contribution in [0.4, 0.5) is 5.69 Å². The standard InChI is InChI=1S/C10H14ClN3O4S/c1-2-7(12)6-13-19(17,18)8-3-4-9(11)10(5-8)14(15)16/h3-5,7,13H,2,6,12H2,1H3. The van der Waals surface area contributed by atoms with Crippen LogP contribution in [-0.4, -0.2) is 25.9 Å². The second-order valence-electron chi connectivity index (χ2n) is 3.89. The van der Waals surface area contributed by atoms with E-state index in [1.807, 2.05) is 6.92 Å². The molecule has 1 atom stereocenters. The molecule has 0 amide bonds. The molecule has 1 aromatic carbocycles. The number of hydrogen-bond acceptors (Lipinski definition) is 5. The molecule has 0 spiro atoms. The molecule has 0 bridgehead atoms. The average molecular weight is 308 g/mol. The Hall–Kier alpha value is -1.22. The smallest absolute Gasteiger partial charge is 0.289 e. The summed E-state index contributed by atoms with van der Waals surface area (Å²) in [5, 5.41) is 10.6. The van der Waals surface area contributed by atoms with E-state index in [0.717, 1.165) is 6.07 Å². The van der Waals surface area contributed by atoms with Crippen molar-refractivity contribution in [3.63, 3.8) is 0 Å². The van der Waals surface area contributed by atoms with E-state index in [9.17, 15) is 18.5 Å². The van der Waals surface area contributed by atoms with Gasteiger partial charge in [0, 0.05) is 18.7 Å². The first kappa shape index (κ1) is 15.8. The maximum absolute atomic E-state index is 11.9. The molecule has 0 heterocycles. The van der Waals surface area contributed by atoms with Crippen molar-refractivity contribution in [1.29, 1.82) is 0 Å². The molecule has 0 saturated heterocycles. The largest absolute Gasteiger partial charge is 0.327 e. The number of nitro groups is 1. The van der Waals surface area contributed by atoms with Crippen LogP contribution >= 0.6 is 11.6 Å². The summed E-state index contributed by atoms with van der Waals surface area (Å²) >= 11 is 5.61. The van der Waals surface area contributed by atoms with Gasteiger partial charge in [0.15, 0.2) is 0 Å². The van der Waals surface area contributed by atoms with Gasteiger partial charge in [-0.25, -0.2) is 13.1 Å². The van der Waals surface area contributed by atoms with Gasteiger partial charge < -0.3 is 5.73 Å². The predicted octanol–water partition coefficient (Wildman–Crippen LogP) is 1.26. The third-order valence-corrected chi connectivity index (χ3v) is 4.23. The number of benzene rings is 1. The van der Waals surface area contributed by atoms with E-state index in [-0.39, 0.29) is 22.5 Å². The minimum atomic E-state index is -3.83. The SMILES string of the molecule is CCC(N)CNS(=O)(=O)c1ccc(Cl)c([N+](=O)[O-])c1. The van der Waals surface area contributed by atoms with Crippen molar-refractivity contribution in [2.45, 2.75) is 24.3 Å². The Bertz CT molecular complexity index is 576. The van der Waals surface area contributed by atoms with E-state index in [1.165, 1.54) is 12.1 Å². The second kappa shape index (κ2) is 6.29. The molecule has 0 aliphatic carbocycles. The van der Waals surface area contributed by atoms with Gasteiger partial charge in [-0.1, -0.05) is 18.5 Å². The lowest BCUT2D eigenvalue weighted by Crippen LogP contribution is -2.36. The second-order valence-corrected chi connectivity index (χ2v) is 6.06. The van der Waals surface area contributed by atoms with Crippen LogP contribution in [-0.2, 0) is 10.0 Å². The molecule has 106 valence electrons. The van der Waals surface area contributed by atoms with Gasteiger partial charge in [0.05, 0.1) is 9.82 Å². The number of nitrogens with one attached hydrogen (secondary N) is 1. The zero-order chi connectivity index (χ0) is 14.6. The van der Waals surface area contributed by atoms with Gasteiger partial charge in [0.25, 0.3) is 5.69 Å². The molecular weight excluding hydrogens is 294 g/mol. The highest BCUT2D eigenvalue weighted by atomic mass is 35.5. The third-order valence-electron chi connectivity index (χ3n) is 2.48. The summed E-state index contributed by atoms with van der Waals surface area (Å²) in [6.07, 6.45) is 0.614. The molecule has 7 nitrogen and oxygen atoms in total. The summed E-state index contributed by atoms with van der Waals surface area (Å²) in [6, 6.07) is 2.99. The Morgan fingerprint density at radius 1 is 1.53 bits per heavy atom. The van der Waals surface area contributed by atoms with Crippen LogP contribution in [0.15, 0.2) is 23.1 Å². The van der Waals surface area contributed by atoms with Crippen molar-refractivity contribution < 1.29 is 13.3 Å². The fraction of sp³-hybridized carbons (Fsp3) is 0.400. The molecule has 0 aliphatic rings. The zero-order valence-electron chi connectivity index (χ0n) is 10.2. The Morgan fingerprint density at radius 3 is 2.68 bits per heavy atom. The number of nitro benzene ring substituents is 1. The van der Waals surface area contributed by atoms with Crippen molar-refractivity contribution in [3.05, 3.63) is 33.3 Å². The van der Waals surface area contributed by atoms with Crippen molar-refractivity contribution in [3.8, 4) is 0 Å². The van der Waals surface area contributed by atoms with Crippen molar-refractivity contribution >= 4 is 27.3 Å². The van der Waals surface area contributed by atoms with Crippen LogP contribution in [0.1, 0.15) is 13.3 Å². The first-order valence-corrected chi connectivity index (χ1v) is 7.33. The Morgan fingerprint density at radius 2 is 2.16 bits per heavy atom. The predicted molar refractivity (Wildman–Crippen MR) is 71.6 cm³/mol. The molecule has 0 fully saturated rings. The molecule has 0 saturated carbocycles. The van der Waals surface area contributed by atoms with Gasteiger partial charge in [0.2, 0.25) is 10.0 Å². The molecule has 0 aromatic heterocycles. The van der Waals surface area contributed by atoms with E-state index in [4.69, 9.17) is 17.3 Å². The normalized spacial score (nSPS) is 13.2. The van der Waals surface area contributed by atoms with Crippen LogP contribution in [0.3, 0.4) is 0 Å². The van der Waals surface area contributed by atoms with E-state index in [2.05, 4.69) is 4.72 Å². The van der Waals surface area contributed by atoms with Crippen LogP contribution in [0.25, 0.3) is 0 Å². The molecule has 3 N–H and O–H groups in total. The third kappa shape index (κ3) is 4.13. The number of rotatable bonds is 6. The minimum Gasteiger partial charge on any atom is -0.327 e. The number of hydrogen-bond donors (Lipinski definition) is 2. The van der Waals surface area contributed by atoms with E-state index in [1.54, 1.807) is 0 Å². The Kier molecular flexibility index (Phi) is 5.24. The summed E-state index contributed by atoms with van der Waals surface area (Å²) in [7, 11) is -3.83. The monoisotopic (exact) mass is 307 g/mol. The number of halogens is 1. The van der Waals surface area contributed by atoms with E-state index in [0.29, 0.717) is 6.42 Å². The number of nitrogens with zero attached hydrogens (tertiary/aromatic N) is 1. The van der Waals surface area contributed by atoms with Gasteiger partial charge in [-0.3, -0.25) is 10.1 Å². The Labute approximate surface area is 115 Å².